The van der Waals surface area contributed by atoms with Crippen LogP contribution in [-0.2, 0) is 11.8 Å². The number of amides is 1. The van der Waals surface area contributed by atoms with Crippen LogP contribution in [0.2, 0.25) is 0 Å². The highest BCUT2D eigenvalue weighted by Gasteiger charge is 2.21. The van der Waals surface area contributed by atoms with Gasteiger partial charge in [0, 0.05) is 12.6 Å². The van der Waals surface area contributed by atoms with Crippen molar-refractivity contribution in [2.24, 2.45) is 7.05 Å². The van der Waals surface area contributed by atoms with E-state index < -0.39 is 11.7 Å². The summed E-state index contributed by atoms with van der Waals surface area (Å²) in [5.41, 5.74) is 7.73. The quantitative estimate of drug-likeness (QED) is 0.881. The van der Waals surface area contributed by atoms with Crippen LogP contribution in [-0.4, -0.2) is 35.7 Å². The average Bonchev–Trinajstić information content (AvgIpc) is 2.83. The van der Waals surface area contributed by atoms with Crippen molar-refractivity contribution in [1.29, 1.82) is 0 Å². The predicted molar refractivity (Wildman–Crippen MR) is 96.0 cm³/mol. The monoisotopic (exact) mass is 348 g/mol. The van der Waals surface area contributed by atoms with E-state index in [1.165, 1.54) is 14.2 Å². The second-order valence-corrected chi connectivity index (χ2v) is 6.46. The zero-order valence-corrected chi connectivity index (χ0v) is 15.3. The molecule has 0 radical (unpaired) electrons. The average molecular weight is 348 g/mol. The van der Waals surface area contributed by atoms with Gasteiger partial charge in [-0.1, -0.05) is 0 Å². The maximum absolute atomic E-state index is 12.2. The number of nitrogens with two attached hydrogens (primary N) is 1. The van der Waals surface area contributed by atoms with E-state index in [0.29, 0.717) is 28.6 Å². The summed E-state index contributed by atoms with van der Waals surface area (Å²) in [5, 5.41) is 6.83. The number of hydrogen-bond donors (Lipinski definition) is 2. The van der Waals surface area contributed by atoms with Crippen LogP contribution in [0.15, 0.2) is 18.3 Å². The first-order valence-electron chi connectivity index (χ1n) is 7.70. The van der Waals surface area contributed by atoms with Crippen LogP contribution >= 0.6 is 0 Å². The second kappa shape index (κ2) is 6.92. The van der Waals surface area contributed by atoms with Crippen molar-refractivity contribution >= 4 is 17.5 Å². The number of benzene rings is 1. The molecular weight excluding hydrogens is 324 g/mol. The van der Waals surface area contributed by atoms with Gasteiger partial charge >= 0.3 is 6.09 Å². The molecule has 1 aromatic carbocycles. The molecule has 0 aliphatic carbocycles. The van der Waals surface area contributed by atoms with Crippen molar-refractivity contribution in [3.05, 3.63) is 18.3 Å². The largest absolute Gasteiger partial charge is 0.493 e. The Balaban J connectivity index is 2.50. The number of hydrogen-bond acceptors (Lipinski definition) is 6. The van der Waals surface area contributed by atoms with E-state index in [9.17, 15) is 4.79 Å². The van der Waals surface area contributed by atoms with Gasteiger partial charge < -0.3 is 19.9 Å². The third-order valence-electron chi connectivity index (χ3n) is 3.36. The number of nitrogens with zero attached hydrogens (tertiary/aromatic N) is 2. The number of carbonyl (C=O) groups is 1. The van der Waals surface area contributed by atoms with Gasteiger partial charge in [0.25, 0.3) is 0 Å². The molecule has 8 nitrogen and oxygen atoms in total. The summed E-state index contributed by atoms with van der Waals surface area (Å²) in [6.07, 6.45) is 0.968. The molecule has 0 unspecified atom stereocenters. The van der Waals surface area contributed by atoms with E-state index in [-0.39, 0.29) is 0 Å². The summed E-state index contributed by atoms with van der Waals surface area (Å²) in [6.45, 7) is 5.37. The highest BCUT2D eigenvalue weighted by atomic mass is 16.6. The standard InChI is InChI=1S/C17H24N4O4/c1-17(2,3)25-16(22)20-12-7-10(8-13(23-5)15(12)24-6)14-11(18)9-19-21(14)4/h7-9H,18H2,1-6H3,(H,20,22). The first-order valence-corrected chi connectivity index (χ1v) is 7.70. The normalized spacial score (nSPS) is 11.1. The van der Waals surface area contributed by atoms with E-state index in [4.69, 9.17) is 19.9 Å². The van der Waals surface area contributed by atoms with Gasteiger partial charge in [0.2, 0.25) is 0 Å². The smallest absolute Gasteiger partial charge is 0.412 e. The summed E-state index contributed by atoms with van der Waals surface area (Å²) in [4.78, 5) is 12.2. The zero-order chi connectivity index (χ0) is 18.8. The molecule has 0 bridgehead atoms. The molecule has 0 saturated heterocycles. The number of nitrogens with one attached hydrogen (secondary N) is 1. The SMILES string of the molecule is COc1cc(-c2c(N)cnn2C)cc(NC(=O)OC(C)(C)C)c1OC. The predicted octanol–water partition coefficient (Wildman–Crippen LogP) is 3.03. The Labute approximate surface area is 146 Å². The van der Waals surface area contributed by atoms with Gasteiger partial charge in [0.15, 0.2) is 11.5 Å². The molecule has 0 fully saturated rings. The van der Waals surface area contributed by atoms with Gasteiger partial charge in [-0.2, -0.15) is 5.10 Å². The first kappa shape index (κ1) is 18.4. The number of carbonyl (C=O) groups excluding carboxylic acids is 1. The van der Waals surface area contributed by atoms with Gasteiger partial charge in [-0.3, -0.25) is 10.00 Å². The third-order valence-corrected chi connectivity index (χ3v) is 3.36. The van der Waals surface area contributed by atoms with Crippen LogP contribution in [0.5, 0.6) is 11.5 Å². The Morgan fingerprint density at radius 2 is 1.92 bits per heavy atom. The lowest BCUT2D eigenvalue weighted by atomic mass is 10.1. The molecule has 1 amide bonds. The molecule has 0 spiro atoms. The Hall–Kier alpha value is -2.90. The van der Waals surface area contributed by atoms with Crippen molar-refractivity contribution in [1.82, 2.24) is 9.78 Å². The Bertz CT molecular complexity index is 758. The Morgan fingerprint density at radius 1 is 1.24 bits per heavy atom. The lowest BCUT2D eigenvalue weighted by molar-refractivity contribution is 0.0635. The number of methoxy groups -OCH3 is 2. The minimum absolute atomic E-state index is 0.387. The number of rotatable bonds is 4. The third kappa shape index (κ3) is 4.14. The van der Waals surface area contributed by atoms with Crippen LogP contribution in [0.1, 0.15) is 20.8 Å². The summed E-state index contributed by atoms with van der Waals surface area (Å²) in [6, 6.07) is 3.51. The number of ether oxygens (including phenoxy) is 3. The number of aromatic nitrogens is 2. The van der Waals surface area contributed by atoms with E-state index in [0.717, 1.165) is 5.56 Å². The summed E-state index contributed by atoms with van der Waals surface area (Å²) in [5.74, 6) is 0.838. The fraction of sp³-hybridized carbons (Fsp3) is 0.412. The fourth-order valence-electron chi connectivity index (χ4n) is 2.42. The molecule has 1 aromatic heterocycles. The molecule has 3 N–H and O–H groups in total. The maximum Gasteiger partial charge on any atom is 0.412 e. The summed E-state index contributed by atoms with van der Waals surface area (Å²) < 4.78 is 17.7. The van der Waals surface area contributed by atoms with Gasteiger partial charge in [-0.15, -0.1) is 0 Å². The van der Waals surface area contributed by atoms with Crippen molar-refractivity contribution < 1.29 is 19.0 Å². The van der Waals surface area contributed by atoms with Crippen LogP contribution in [0, 0.1) is 0 Å². The van der Waals surface area contributed by atoms with Gasteiger partial charge in [0.05, 0.1) is 37.5 Å². The van der Waals surface area contributed by atoms with E-state index in [2.05, 4.69) is 10.4 Å². The minimum Gasteiger partial charge on any atom is -0.493 e. The van der Waals surface area contributed by atoms with Crippen LogP contribution in [0.3, 0.4) is 0 Å². The Morgan fingerprint density at radius 3 is 2.40 bits per heavy atom. The van der Waals surface area contributed by atoms with Crippen molar-refractivity contribution in [3.8, 4) is 22.8 Å². The molecule has 0 aliphatic heterocycles. The zero-order valence-electron chi connectivity index (χ0n) is 15.3. The number of aryl methyl sites for hydroxylation is 1. The van der Waals surface area contributed by atoms with Crippen LogP contribution in [0.4, 0.5) is 16.2 Å². The van der Waals surface area contributed by atoms with Crippen molar-refractivity contribution in [2.75, 3.05) is 25.3 Å². The fourth-order valence-corrected chi connectivity index (χ4v) is 2.42. The summed E-state index contributed by atoms with van der Waals surface area (Å²) in [7, 11) is 4.80. The number of nitrogen functional groups attached to an aromatic ring is 1. The molecule has 0 atom stereocenters. The molecular formula is C17H24N4O4. The lowest BCUT2D eigenvalue weighted by Gasteiger charge is -2.21. The van der Waals surface area contributed by atoms with E-state index in [1.807, 2.05) is 0 Å². The topological polar surface area (TPSA) is 101 Å². The van der Waals surface area contributed by atoms with Gasteiger partial charge in [-0.25, -0.2) is 4.79 Å². The first-order chi connectivity index (χ1) is 11.7. The second-order valence-electron chi connectivity index (χ2n) is 6.46. The minimum atomic E-state index is -0.620. The molecule has 25 heavy (non-hydrogen) atoms. The molecule has 1 heterocycles. The van der Waals surface area contributed by atoms with Gasteiger partial charge in [-0.05, 0) is 32.9 Å². The van der Waals surface area contributed by atoms with Crippen molar-refractivity contribution in [2.45, 2.75) is 26.4 Å². The lowest BCUT2D eigenvalue weighted by Crippen LogP contribution is -2.27. The van der Waals surface area contributed by atoms with Crippen LogP contribution in [0.25, 0.3) is 11.3 Å². The van der Waals surface area contributed by atoms with Crippen LogP contribution < -0.4 is 20.5 Å². The number of anilines is 2. The molecule has 0 saturated carbocycles. The molecule has 2 rings (SSSR count). The molecule has 2 aromatic rings. The molecule has 8 heteroatoms. The highest BCUT2D eigenvalue weighted by molar-refractivity contribution is 5.90. The van der Waals surface area contributed by atoms with E-state index >= 15 is 0 Å². The molecule has 0 aliphatic rings. The van der Waals surface area contributed by atoms with Crippen molar-refractivity contribution in [3.63, 3.8) is 0 Å². The Kier molecular flexibility index (Phi) is 5.10. The molecule has 136 valence electrons. The van der Waals surface area contributed by atoms with E-state index in [1.54, 1.807) is 50.8 Å². The maximum atomic E-state index is 12.2. The highest BCUT2D eigenvalue weighted by Crippen LogP contribution is 2.41. The summed E-state index contributed by atoms with van der Waals surface area (Å²) >= 11 is 0. The van der Waals surface area contributed by atoms with Gasteiger partial charge in [0.1, 0.15) is 5.60 Å².